The number of carboxylic acids is 1. The summed E-state index contributed by atoms with van der Waals surface area (Å²) in [6.45, 7) is 4.40. The van der Waals surface area contributed by atoms with Crippen molar-refractivity contribution in [3.05, 3.63) is 71.3 Å². The normalized spacial score (nSPS) is 12.3. The van der Waals surface area contributed by atoms with Crippen molar-refractivity contribution in [3.8, 4) is 0 Å². The van der Waals surface area contributed by atoms with Crippen LogP contribution in [-0.4, -0.2) is 36.2 Å². The monoisotopic (exact) mass is 313 g/mol. The number of methoxy groups -OCH3 is 1. The molecule has 2 aromatic rings. The SMILES string of the molecule is COCCN(Cc1ccc(C(=O)O)cc1)C(C)c1ccccc1. The van der Waals surface area contributed by atoms with Crippen LogP contribution in [0.25, 0.3) is 0 Å². The van der Waals surface area contributed by atoms with Gasteiger partial charge in [0.05, 0.1) is 12.2 Å². The van der Waals surface area contributed by atoms with E-state index in [1.54, 1.807) is 19.2 Å². The molecule has 1 N–H and O–H groups in total. The number of rotatable bonds is 8. The second-order valence-corrected chi connectivity index (χ2v) is 5.55. The van der Waals surface area contributed by atoms with Gasteiger partial charge in [-0.2, -0.15) is 0 Å². The Bertz CT molecular complexity index is 610. The van der Waals surface area contributed by atoms with Crippen LogP contribution in [0.4, 0.5) is 0 Å². The molecule has 0 heterocycles. The molecule has 4 nitrogen and oxygen atoms in total. The highest BCUT2D eigenvalue weighted by atomic mass is 16.5. The molecule has 23 heavy (non-hydrogen) atoms. The third-order valence-corrected chi connectivity index (χ3v) is 4.00. The zero-order chi connectivity index (χ0) is 16.7. The molecule has 0 radical (unpaired) electrons. The van der Waals surface area contributed by atoms with Crippen molar-refractivity contribution in [1.29, 1.82) is 0 Å². The third-order valence-electron chi connectivity index (χ3n) is 4.00. The van der Waals surface area contributed by atoms with E-state index in [9.17, 15) is 4.79 Å². The minimum atomic E-state index is -0.898. The predicted octanol–water partition coefficient (Wildman–Crippen LogP) is 3.59. The second-order valence-electron chi connectivity index (χ2n) is 5.55. The highest BCUT2D eigenvalue weighted by molar-refractivity contribution is 5.87. The first-order valence-electron chi connectivity index (χ1n) is 7.72. The van der Waals surface area contributed by atoms with Crippen LogP contribution in [0, 0.1) is 0 Å². The lowest BCUT2D eigenvalue weighted by Gasteiger charge is -2.29. The van der Waals surface area contributed by atoms with Crippen molar-refractivity contribution >= 4 is 5.97 Å². The Morgan fingerprint density at radius 1 is 1.13 bits per heavy atom. The summed E-state index contributed by atoms with van der Waals surface area (Å²) in [5.74, 6) is -0.898. The van der Waals surface area contributed by atoms with Gasteiger partial charge in [-0.1, -0.05) is 42.5 Å². The second kappa shape index (κ2) is 8.46. The first-order chi connectivity index (χ1) is 11.1. The van der Waals surface area contributed by atoms with Crippen LogP contribution in [-0.2, 0) is 11.3 Å². The molecule has 0 aliphatic heterocycles. The summed E-state index contributed by atoms with van der Waals surface area (Å²) in [6.07, 6.45) is 0. The smallest absolute Gasteiger partial charge is 0.335 e. The summed E-state index contributed by atoms with van der Waals surface area (Å²) >= 11 is 0. The van der Waals surface area contributed by atoms with Crippen molar-refractivity contribution in [2.75, 3.05) is 20.3 Å². The average molecular weight is 313 g/mol. The van der Waals surface area contributed by atoms with Gasteiger partial charge in [0.2, 0.25) is 0 Å². The Morgan fingerprint density at radius 2 is 1.78 bits per heavy atom. The van der Waals surface area contributed by atoms with Crippen molar-refractivity contribution in [1.82, 2.24) is 4.90 Å². The predicted molar refractivity (Wildman–Crippen MR) is 90.5 cm³/mol. The van der Waals surface area contributed by atoms with Gasteiger partial charge in [-0.05, 0) is 30.2 Å². The van der Waals surface area contributed by atoms with E-state index in [2.05, 4.69) is 24.0 Å². The Labute approximate surface area is 137 Å². The molecule has 0 bridgehead atoms. The molecule has 0 spiro atoms. The van der Waals surface area contributed by atoms with Gasteiger partial charge in [-0.25, -0.2) is 4.79 Å². The quantitative estimate of drug-likeness (QED) is 0.809. The first-order valence-corrected chi connectivity index (χ1v) is 7.72. The van der Waals surface area contributed by atoms with Crippen molar-refractivity contribution in [3.63, 3.8) is 0 Å². The van der Waals surface area contributed by atoms with Gasteiger partial charge in [-0.15, -0.1) is 0 Å². The number of hydrogen-bond acceptors (Lipinski definition) is 3. The molecule has 0 aliphatic carbocycles. The van der Waals surface area contributed by atoms with Gasteiger partial charge in [0.1, 0.15) is 0 Å². The molecular formula is C19H23NO3. The number of nitrogens with zero attached hydrogens (tertiary/aromatic N) is 1. The van der Waals surface area contributed by atoms with Gasteiger partial charge in [0, 0.05) is 26.2 Å². The lowest BCUT2D eigenvalue weighted by atomic mass is 10.1. The van der Waals surface area contributed by atoms with Crippen LogP contribution in [0.1, 0.15) is 34.5 Å². The molecule has 1 unspecified atom stereocenters. The zero-order valence-electron chi connectivity index (χ0n) is 13.6. The van der Waals surface area contributed by atoms with E-state index in [0.717, 1.165) is 18.7 Å². The van der Waals surface area contributed by atoms with Crippen LogP contribution in [0.5, 0.6) is 0 Å². The molecule has 0 amide bonds. The van der Waals surface area contributed by atoms with E-state index in [1.165, 1.54) is 5.56 Å². The summed E-state index contributed by atoms with van der Waals surface area (Å²) in [7, 11) is 1.70. The van der Waals surface area contributed by atoms with Crippen LogP contribution < -0.4 is 0 Å². The topological polar surface area (TPSA) is 49.8 Å². The summed E-state index contributed by atoms with van der Waals surface area (Å²) in [5.41, 5.74) is 2.66. The molecule has 0 aromatic heterocycles. The van der Waals surface area contributed by atoms with E-state index < -0.39 is 5.97 Å². The highest BCUT2D eigenvalue weighted by Crippen LogP contribution is 2.22. The maximum atomic E-state index is 10.9. The van der Waals surface area contributed by atoms with E-state index in [1.807, 2.05) is 30.3 Å². The molecule has 0 fully saturated rings. The van der Waals surface area contributed by atoms with Crippen molar-refractivity contribution < 1.29 is 14.6 Å². The number of benzene rings is 2. The van der Waals surface area contributed by atoms with Gasteiger partial charge < -0.3 is 9.84 Å². The van der Waals surface area contributed by atoms with E-state index >= 15 is 0 Å². The molecule has 0 aliphatic rings. The largest absolute Gasteiger partial charge is 0.478 e. The van der Waals surface area contributed by atoms with Crippen LogP contribution in [0.3, 0.4) is 0 Å². The van der Waals surface area contributed by atoms with Crippen LogP contribution in [0.15, 0.2) is 54.6 Å². The molecule has 4 heteroatoms. The molecule has 2 rings (SSSR count). The van der Waals surface area contributed by atoms with Gasteiger partial charge in [0.15, 0.2) is 0 Å². The first kappa shape index (κ1) is 17.2. The number of carbonyl (C=O) groups is 1. The molecule has 2 aromatic carbocycles. The maximum absolute atomic E-state index is 10.9. The van der Waals surface area contributed by atoms with Gasteiger partial charge in [0.25, 0.3) is 0 Å². The number of hydrogen-bond donors (Lipinski definition) is 1. The lowest BCUT2D eigenvalue weighted by molar-refractivity contribution is 0.0697. The molecular weight excluding hydrogens is 290 g/mol. The Kier molecular flexibility index (Phi) is 6.32. The standard InChI is InChI=1S/C19H23NO3/c1-15(17-6-4-3-5-7-17)20(12-13-23-2)14-16-8-10-18(11-9-16)19(21)22/h3-11,15H,12-14H2,1-2H3,(H,21,22). The van der Waals surface area contributed by atoms with Crippen molar-refractivity contribution in [2.45, 2.75) is 19.5 Å². The Morgan fingerprint density at radius 3 is 2.35 bits per heavy atom. The van der Waals surface area contributed by atoms with Crippen molar-refractivity contribution in [2.24, 2.45) is 0 Å². The Balaban J connectivity index is 2.13. The zero-order valence-corrected chi connectivity index (χ0v) is 13.6. The highest BCUT2D eigenvalue weighted by Gasteiger charge is 2.16. The number of aromatic carboxylic acids is 1. The number of ether oxygens (including phenoxy) is 1. The van der Waals surface area contributed by atoms with Gasteiger partial charge >= 0.3 is 5.97 Å². The lowest BCUT2D eigenvalue weighted by Crippen LogP contribution is -2.30. The summed E-state index contributed by atoms with van der Waals surface area (Å²) in [5, 5.41) is 8.98. The van der Waals surface area contributed by atoms with E-state index in [4.69, 9.17) is 9.84 Å². The minimum absolute atomic E-state index is 0.255. The summed E-state index contributed by atoms with van der Waals surface area (Å²) in [4.78, 5) is 13.3. The molecule has 0 saturated carbocycles. The fourth-order valence-corrected chi connectivity index (χ4v) is 2.55. The molecule has 122 valence electrons. The fourth-order valence-electron chi connectivity index (χ4n) is 2.55. The average Bonchev–Trinajstić information content (AvgIpc) is 2.59. The fraction of sp³-hybridized carbons (Fsp3) is 0.316. The summed E-state index contributed by atoms with van der Waals surface area (Å²) < 4.78 is 5.23. The minimum Gasteiger partial charge on any atom is -0.478 e. The third kappa shape index (κ3) is 4.91. The number of carboxylic acid groups (broad SMARTS) is 1. The Hall–Kier alpha value is -2.17. The summed E-state index contributed by atoms with van der Waals surface area (Å²) in [6, 6.07) is 17.7. The molecule has 1 atom stereocenters. The van der Waals surface area contributed by atoms with Gasteiger partial charge in [-0.3, -0.25) is 4.90 Å². The maximum Gasteiger partial charge on any atom is 0.335 e. The van der Waals surface area contributed by atoms with Crippen LogP contribution in [0.2, 0.25) is 0 Å². The van der Waals surface area contributed by atoms with E-state index in [0.29, 0.717) is 12.2 Å². The van der Waals surface area contributed by atoms with Crippen LogP contribution >= 0.6 is 0 Å². The molecule has 0 saturated heterocycles. The van der Waals surface area contributed by atoms with E-state index in [-0.39, 0.29) is 6.04 Å².